The van der Waals surface area contributed by atoms with Crippen LogP contribution < -0.4 is 10.1 Å². The topological polar surface area (TPSA) is 105 Å². The quantitative estimate of drug-likeness (QED) is 0.287. The molecule has 1 N–H and O–H groups in total. The highest BCUT2D eigenvalue weighted by Gasteiger charge is 2.36. The van der Waals surface area contributed by atoms with Crippen LogP contribution in [0.2, 0.25) is 0 Å². The van der Waals surface area contributed by atoms with Crippen molar-refractivity contribution in [1.82, 2.24) is 39.0 Å². The molecule has 2 aliphatic heterocycles. The zero-order chi connectivity index (χ0) is 28.8. The summed E-state index contributed by atoms with van der Waals surface area (Å²) >= 11 is 0. The summed E-state index contributed by atoms with van der Waals surface area (Å²) in [7, 11) is 1.96. The highest BCUT2D eigenvalue weighted by atomic mass is 19.1. The maximum absolute atomic E-state index is 14.7. The minimum atomic E-state index is -0.665. The lowest BCUT2D eigenvalue weighted by atomic mass is 9.92. The molecule has 6 heterocycles. The third-order valence-corrected chi connectivity index (χ3v) is 8.13. The summed E-state index contributed by atoms with van der Waals surface area (Å²) in [5.41, 5.74) is 4.33. The molecule has 4 aromatic heterocycles. The van der Waals surface area contributed by atoms with Gasteiger partial charge in [0.15, 0.2) is 17.3 Å². The van der Waals surface area contributed by atoms with Crippen LogP contribution >= 0.6 is 0 Å². The Morgan fingerprint density at radius 2 is 1.88 bits per heavy atom. The van der Waals surface area contributed by atoms with Gasteiger partial charge >= 0.3 is 0 Å². The van der Waals surface area contributed by atoms with E-state index in [-0.39, 0.29) is 12.0 Å². The smallest absolute Gasteiger partial charge is 0.282 e. The van der Waals surface area contributed by atoms with Crippen molar-refractivity contribution < 1.29 is 13.9 Å². The summed E-state index contributed by atoms with van der Waals surface area (Å²) in [6.07, 6.45) is 10.1. The van der Waals surface area contributed by atoms with Gasteiger partial charge in [-0.05, 0) is 80.9 Å². The van der Waals surface area contributed by atoms with E-state index in [1.54, 1.807) is 20.1 Å². The number of hydrogen-bond donors (Lipinski definition) is 1. The van der Waals surface area contributed by atoms with Crippen LogP contribution in [-0.2, 0) is 4.79 Å². The first-order chi connectivity index (χ1) is 20.4. The predicted octanol–water partition coefficient (Wildman–Crippen LogP) is 4.49. The average Bonchev–Trinajstić information content (AvgIpc) is 3.70. The fourth-order valence-electron chi connectivity index (χ4n) is 5.74. The van der Waals surface area contributed by atoms with E-state index in [2.05, 4.69) is 30.4 Å². The Morgan fingerprint density at radius 1 is 1.07 bits per heavy atom. The summed E-state index contributed by atoms with van der Waals surface area (Å²) in [6.45, 7) is 3.79. The largest absolute Gasteiger partial charge is 0.457 e. The van der Waals surface area contributed by atoms with Crippen LogP contribution in [0, 0.1) is 6.92 Å². The molecule has 0 spiro atoms. The van der Waals surface area contributed by atoms with Crippen LogP contribution in [0.4, 0.5) is 15.9 Å². The van der Waals surface area contributed by atoms with Crippen molar-refractivity contribution in [2.45, 2.75) is 31.7 Å². The van der Waals surface area contributed by atoms with Crippen molar-refractivity contribution in [3.8, 4) is 11.5 Å². The molecule has 2 aliphatic rings. The number of nitrogens with zero attached hydrogens (tertiary/aromatic N) is 8. The molecule has 11 nitrogen and oxygen atoms in total. The van der Waals surface area contributed by atoms with E-state index in [0.29, 0.717) is 30.3 Å². The Hall–Kier alpha value is -4.84. The van der Waals surface area contributed by atoms with Gasteiger partial charge in [-0.15, -0.1) is 0 Å². The number of ether oxygens (including phenoxy) is 1. The van der Waals surface area contributed by atoms with Crippen molar-refractivity contribution in [2.24, 2.45) is 0 Å². The molecule has 0 aliphatic carbocycles. The number of carbonyl (C=O) groups excluding carboxylic acids is 1. The number of aryl methyl sites for hydroxylation is 1. The van der Waals surface area contributed by atoms with Gasteiger partial charge in [-0.3, -0.25) is 9.69 Å². The van der Waals surface area contributed by atoms with Gasteiger partial charge in [0.2, 0.25) is 0 Å². The summed E-state index contributed by atoms with van der Waals surface area (Å²) in [5, 5.41) is 11.9. The number of halogens is 1. The van der Waals surface area contributed by atoms with Crippen LogP contribution in [0.1, 0.15) is 29.9 Å². The Labute approximate surface area is 241 Å². The number of rotatable bonds is 7. The van der Waals surface area contributed by atoms with Gasteiger partial charge in [0, 0.05) is 49.2 Å². The molecular weight excluding hydrogens is 537 g/mol. The van der Waals surface area contributed by atoms with Crippen molar-refractivity contribution in [3.63, 3.8) is 0 Å². The van der Waals surface area contributed by atoms with Gasteiger partial charge in [0.05, 0.1) is 0 Å². The van der Waals surface area contributed by atoms with Gasteiger partial charge in [0.25, 0.3) is 5.91 Å². The molecule has 1 atom stereocenters. The molecule has 1 unspecified atom stereocenters. The Morgan fingerprint density at radius 3 is 2.69 bits per heavy atom. The lowest BCUT2D eigenvalue weighted by molar-refractivity contribution is -0.133. The van der Waals surface area contributed by atoms with E-state index in [1.807, 2.05) is 56.6 Å². The van der Waals surface area contributed by atoms with E-state index in [4.69, 9.17) is 4.74 Å². The summed E-state index contributed by atoms with van der Waals surface area (Å²) in [5.74, 6) is 0.901. The summed E-state index contributed by atoms with van der Waals surface area (Å²) in [6, 6.07) is 11.5. The van der Waals surface area contributed by atoms with Gasteiger partial charge in [-0.1, -0.05) is 0 Å². The highest BCUT2D eigenvalue weighted by molar-refractivity contribution is 5.92. The van der Waals surface area contributed by atoms with Gasteiger partial charge in [0.1, 0.15) is 29.7 Å². The molecule has 2 saturated heterocycles. The van der Waals surface area contributed by atoms with Crippen molar-refractivity contribution >= 4 is 28.6 Å². The molecular formula is C30H30FN9O2. The fraction of sp³-hybridized carbons (Fsp3) is 0.300. The molecule has 2 fully saturated rings. The third-order valence-electron chi connectivity index (χ3n) is 8.13. The number of aromatic nitrogens is 6. The van der Waals surface area contributed by atoms with E-state index < -0.39 is 11.7 Å². The maximum atomic E-state index is 14.7. The number of fused-ring (bicyclic) bond motifs is 2. The first-order valence-electron chi connectivity index (χ1n) is 14.0. The number of likely N-dealkylation sites (N-methyl/N-ethyl adjacent to an activating group) is 1. The standard InChI is InChI=1S/C30H30FN9O2/c1-19-12-21(5-6-26(19)42-23-7-10-39-27(14-23)32-17-34-39)36-29-28-24(8-11-40(28)35-18-33-29)20-15-38(16-20)30(41)25(31)13-22-4-3-9-37(22)2/h5-8,10-14,17-18,20,22H,3-4,9,15-16H2,1-2H3,(H,33,35,36)/b25-13-. The van der Waals surface area contributed by atoms with E-state index in [9.17, 15) is 9.18 Å². The number of amides is 1. The maximum Gasteiger partial charge on any atom is 0.282 e. The van der Waals surface area contributed by atoms with Crippen LogP contribution in [0.3, 0.4) is 0 Å². The van der Waals surface area contributed by atoms with Crippen LogP contribution in [0.5, 0.6) is 11.5 Å². The molecule has 0 saturated carbocycles. The van der Waals surface area contributed by atoms with Crippen LogP contribution in [0.25, 0.3) is 11.2 Å². The Balaban J connectivity index is 1.06. The Kier molecular flexibility index (Phi) is 6.54. The normalized spacial score (nSPS) is 18.1. The zero-order valence-corrected chi connectivity index (χ0v) is 23.3. The molecule has 214 valence electrons. The van der Waals surface area contributed by atoms with Crippen molar-refractivity contribution in [3.05, 3.63) is 84.5 Å². The van der Waals surface area contributed by atoms with Crippen molar-refractivity contribution in [2.75, 3.05) is 32.0 Å². The molecule has 12 heteroatoms. The van der Waals surface area contributed by atoms with E-state index in [0.717, 1.165) is 47.5 Å². The highest BCUT2D eigenvalue weighted by Crippen LogP contribution is 2.35. The predicted molar refractivity (Wildman–Crippen MR) is 155 cm³/mol. The number of pyridine rings is 1. The second-order valence-electron chi connectivity index (χ2n) is 10.9. The number of carbonyl (C=O) groups is 1. The SMILES string of the molecule is Cc1cc(Nc2ncnn3ccc(C4CN(C(=O)/C(F)=C/C5CCCN5C)C4)c23)ccc1Oc1ccn2ncnc2c1. The first-order valence-corrected chi connectivity index (χ1v) is 14.0. The monoisotopic (exact) mass is 567 g/mol. The minimum Gasteiger partial charge on any atom is -0.457 e. The second-order valence-corrected chi connectivity index (χ2v) is 10.9. The lowest BCUT2D eigenvalue weighted by Gasteiger charge is -2.39. The molecule has 0 bridgehead atoms. The molecule has 7 rings (SSSR count). The number of hydrogen-bond acceptors (Lipinski definition) is 8. The minimum absolute atomic E-state index is 0.0133. The fourth-order valence-corrected chi connectivity index (χ4v) is 5.74. The van der Waals surface area contributed by atoms with E-state index in [1.165, 1.54) is 18.7 Å². The first kappa shape index (κ1) is 26.1. The number of nitrogens with one attached hydrogen (secondary N) is 1. The number of benzene rings is 1. The van der Waals surface area contributed by atoms with Gasteiger partial charge in [-0.25, -0.2) is 23.4 Å². The molecule has 5 aromatic rings. The van der Waals surface area contributed by atoms with Crippen LogP contribution in [-0.4, -0.2) is 77.6 Å². The molecule has 1 aromatic carbocycles. The zero-order valence-electron chi connectivity index (χ0n) is 23.3. The van der Waals surface area contributed by atoms with Crippen LogP contribution in [0.15, 0.2) is 73.3 Å². The Bertz CT molecular complexity index is 1820. The average molecular weight is 568 g/mol. The summed E-state index contributed by atoms with van der Waals surface area (Å²) < 4.78 is 24.3. The number of anilines is 2. The molecule has 1 amide bonds. The van der Waals surface area contributed by atoms with Gasteiger partial charge < -0.3 is 15.0 Å². The van der Waals surface area contributed by atoms with E-state index >= 15 is 0 Å². The van der Waals surface area contributed by atoms with Crippen molar-refractivity contribution in [1.29, 1.82) is 0 Å². The van der Waals surface area contributed by atoms with Gasteiger partial charge in [-0.2, -0.15) is 10.2 Å². The second kappa shape index (κ2) is 10.5. The number of likely N-dealkylation sites (tertiary alicyclic amines) is 2. The third kappa shape index (κ3) is 4.83. The lowest BCUT2D eigenvalue weighted by Crippen LogP contribution is -2.48. The molecule has 0 radical (unpaired) electrons. The summed E-state index contributed by atoms with van der Waals surface area (Å²) in [4.78, 5) is 25.1. The molecule has 42 heavy (non-hydrogen) atoms.